The third-order valence-corrected chi connectivity index (χ3v) is 3.33. The van der Waals surface area contributed by atoms with Crippen LogP contribution in [0, 0.1) is 0 Å². The minimum atomic E-state index is 0.329. The summed E-state index contributed by atoms with van der Waals surface area (Å²) in [5.41, 5.74) is 7.68. The maximum absolute atomic E-state index is 5.91. The zero-order chi connectivity index (χ0) is 13.7. The number of hydrogen-bond acceptors (Lipinski definition) is 4. The lowest BCUT2D eigenvalue weighted by Gasteiger charge is -2.28. The number of rotatable bonds is 5. The summed E-state index contributed by atoms with van der Waals surface area (Å²) in [7, 11) is 0. The van der Waals surface area contributed by atoms with E-state index >= 15 is 0 Å². The molecule has 0 saturated carbocycles. The topological polar surface area (TPSA) is 56.5 Å². The van der Waals surface area contributed by atoms with Gasteiger partial charge in [-0.1, -0.05) is 6.92 Å². The second-order valence-electron chi connectivity index (χ2n) is 5.15. The van der Waals surface area contributed by atoms with Gasteiger partial charge in [-0.15, -0.1) is 0 Å². The van der Waals surface area contributed by atoms with Crippen LogP contribution in [0.2, 0.25) is 0 Å². The van der Waals surface area contributed by atoms with Gasteiger partial charge in [0.05, 0.1) is 18.4 Å². The van der Waals surface area contributed by atoms with E-state index in [4.69, 9.17) is 15.2 Å². The number of nitrogen functional groups attached to an aromatic ring is 1. The molecule has 4 nitrogen and oxygen atoms in total. The van der Waals surface area contributed by atoms with Crippen LogP contribution in [0.4, 0.5) is 11.4 Å². The molecule has 0 aromatic heterocycles. The third-order valence-electron chi connectivity index (χ3n) is 3.33. The van der Waals surface area contributed by atoms with Gasteiger partial charge in [0.1, 0.15) is 5.75 Å². The minimum Gasteiger partial charge on any atom is -0.491 e. The minimum absolute atomic E-state index is 0.329. The SMILES string of the molecule is CCCOc1cc(NC2CCOC(C)C2)ccc1N. The van der Waals surface area contributed by atoms with Crippen LogP contribution < -0.4 is 15.8 Å². The van der Waals surface area contributed by atoms with Crippen LogP contribution in [0.3, 0.4) is 0 Å². The number of hydrogen-bond donors (Lipinski definition) is 2. The largest absolute Gasteiger partial charge is 0.491 e. The Bertz CT molecular complexity index is 409. The summed E-state index contributed by atoms with van der Waals surface area (Å²) < 4.78 is 11.2. The van der Waals surface area contributed by atoms with Gasteiger partial charge in [0, 0.05) is 24.4 Å². The zero-order valence-electron chi connectivity index (χ0n) is 11.8. The molecule has 1 saturated heterocycles. The molecule has 1 aliphatic rings. The van der Waals surface area contributed by atoms with E-state index in [1.807, 2.05) is 18.2 Å². The van der Waals surface area contributed by atoms with E-state index in [1.165, 1.54) is 0 Å². The third kappa shape index (κ3) is 4.03. The van der Waals surface area contributed by atoms with Crippen LogP contribution in [-0.4, -0.2) is 25.4 Å². The fourth-order valence-corrected chi connectivity index (χ4v) is 2.33. The van der Waals surface area contributed by atoms with E-state index in [2.05, 4.69) is 19.2 Å². The average molecular weight is 264 g/mol. The van der Waals surface area contributed by atoms with E-state index in [9.17, 15) is 0 Å². The van der Waals surface area contributed by atoms with Gasteiger partial charge in [-0.05, 0) is 38.3 Å². The summed E-state index contributed by atoms with van der Waals surface area (Å²) in [6.07, 6.45) is 3.39. The Balaban J connectivity index is 1.99. The Morgan fingerprint density at radius 2 is 2.32 bits per heavy atom. The van der Waals surface area contributed by atoms with Gasteiger partial charge >= 0.3 is 0 Å². The number of nitrogens with two attached hydrogens (primary N) is 1. The zero-order valence-corrected chi connectivity index (χ0v) is 11.8. The molecular weight excluding hydrogens is 240 g/mol. The highest BCUT2D eigenvalue weighted by atomic mass is 16.5. The van der Waals surface area contributed by atoms with Crippen molar-refractivity contribution in [2.75, 3.05) is 24.3 Å². The molecular formula is C15H24N2O2. The lowest BCUT2D eigenvalue weighted by Crippen LogP contribution is -2.32. The van der Waals surface area contributed by atoms with Gasteiger partial charge in [-0.25, -0.2) is 0 Å². The predicted octanol–water partition coefficient (Wildman–Crippen LogP) is 3.04. The summed E-state index contributed by atoms with van der Waals surface area (Å²) in [5, 5.41) is 3.54. The summed E-state index contributed by atoms with van der Waals surface area (Å²) in [5.74, 6) is 0.770. The fraction of sp³-hybridized carbons (Fsp3) is 0.600. The molecule has 1 aromatic carbocycles. The fourth-order valence-electron chi connectivity index (χ4n) is 2.33. The Labute approximate surface area is 115 Å². The first-order valence-electron chi connectivity index (χ1n) is 7.09. The molecule has 2 unspecified atom stereocenters. The molecule has 4 heteroatoms. The van der Waals surface area contributed by atoms with Crippen molar-refractivity contribution in [1.82, 2.24) is 0 Å². The van der Waals surface area contributed by atoms with E-state index in [1.54, 1.807) is 0 Å². The summed E-state index contributed by atoms with van der Waals surface area (Å²) in [4.78, 5) is 0. The van der Waals surface area contributed by atoms with Crippen molar-refractivity contribution in [2.24, 2.45) is 0 Å². The Kier molecular flexibility index (Phi) is 4.91. The predicted molar refractivity (Wildman–Crippen MR) is 78.7 cm³/mol. The molecule has 1 aromatic rings. The van der Waals surface area contributed by atoms with Gasteiger partial charge in [0.25, 0.3) is 0 Å². The first kappa shape index (κ1) is 14.0. The van der Waals surface area contributed by atoms with Gasteiger partial charge in [0.2, 0.25) is 0 Å². The quantitative estimate of drug-likeness (QED) is 0.803. The van der Waals surface area contributed by atoms with Gasteiger partial charge < -0.3 is 20.5 Å². The molecule has 0 amide bonds. The number of benzene rings is 1. The van der Waals surface area contributed by atoms with E-state index in [-0.39, 0.29) is 0 Å². The van der Waals surface area contributed by atoms with Crippen LogP contribution in [0.1, 0.15) is 33.1 Å². The second kappa shape index (κ2) is 6.66. The highest BCUT2D eigenvalue weighted by Gasteiger charge is 2.19. The van der Waals surface area contributed by atoms with Crippen LogP contribution >= 0.6 is 0 Å². The molecule has 1 heterocycles. The van der Waals surface area contributed by atoms with Crippen molar-refractivity contribution >= 4 is 11.4 Å². The Morgan fingerprint density at radius 1 is 1.47 bits per heavy atom. The maximum Gasteiger partial charge on any atom is 0.144 e. The molecule has 0 bridgehead atoms. The van der Waals surface area contributed by atoms with Gasteiger partial charge in [0.15, 0.2) is 0 Å². The van der Waals surface area contributed by atoms with Crippen molar-refractivity contribution in [1.29, 1.82) is 0 Å². The molecule has 0 aliphatic carbocycles. The summed E-state index contributed by atoms with van der Waals surface area (Å²) >= 11 is 0. The second-order valence-corrected chi connectivity index (χ2v) is 5.15. The van der Waals surface area contributed by atoms with Crippen molar-refractivity contribution in [3.63, 3.8) is 0 Å². The number of ether oxygens (including phenoxy) is 2. The Hall–Kier alpha value is -1.42. The van der Waals surface area contributed by atoms with Crippen LogP contribution in [0.25, 0.3) is 0 Å². The highest BCUT2D eigenvalue weighted by molar-refractivity contribution is 5.61. The monoisotopic (exact) mass is 264 g/mol. The number of anilines is 2. The normalized spacial score (nSPS) is 23.1. The lowest BCUT2D eigenvalue weighted by atomic mass is 10.0. The van der Waals surface area contributed by atoms with Crippen molar-refractivity contribution in [3.8, 4) is 5.75 Å². The molecule has 3 N–H and O–H groups in total. The standard InChI is InChI=1S/C15H24N2O2/c1-3-7-19-15-10-12(4-5-14(15)16)17-13-6-8-18-11(2)9-13/h4-5,10-11,13,17H,3,6-9,16H2,1-2H3. The molecule has 0 spiro atoms. The molecule has 2 atom stereocenters. The van der Waals surface area contributed by atoms with Gasteiger partial charge in [-0.3, -0.25) is 0 Å². The average Bonchev–Trinajstić information content (AvgIpc) is 2.39. The molecule has 1 aliphatic heterocycles. The molecule has 2 rings (SSSR count). The smallest absolute Gasteiger partial charge is 0.144 e. The lowest BCUT2D eigenvalue weighted by molar-refractivity contribution is 0.0232. The van der Waals surface area contributed by atoms with E-state index in [0.29, 0.717) is 24.4 Å². The van der Waals surface area contributed by atoms with Crippen molar-refractivity contribution in [3.05, 3.63) is 18.2 Å². The number of nitrogens with one attached hydrogen (secondary N) is 1. The van der Waals surface area contributed by atoms with Crippen molar-refractivity contribution < 1.29 is 9.47 Å². The summed E-state index contributed by atoms with van der Waals surface area (Å²) in [6, 6.07) is 6.36. The van der Waals surface area contributed by atoms with Crippen LogP contribution in [0.15, 0.2) is 18.2 Å². The molecule has 106 valence electrons. The van der Waals surface area contributed by atoms with Gasteiger partial charge in [-0.2, -0.15) is 0 Å². The highest BCUT2D eigenvalue weighted by Crippen LogP contribution is 2.27. The van der Waals surface area contributed by atoms with Crippen LogP contribution in [-0.2, 0) is 4.74 Å². The van der Waals surface area contributed by atoms with E-state index in [0.717, 1.165) is 37.3 Å². The summed E-state index contributed by atoms with van der Waals surface area (Å²) in [6.45, 7) is 5.73. The molecule has 0 radical (unpaired) electrons. The van der Waals surface area contributed by atoms with E-state index < -0.39 is 0 Å². The Morgan fingerprint density at radius 3 is 3.05 bits per heavy atom. The first-order chi connectivity index (χ1) is 9.19. The molecule has 19 heavy (non-hydrogen) atoms. The van der Waals surface area contributed by atoms with Crippen molar-refractivity contribution in [2.45, 2.75) is 45.3 Å². The van der Waals surface area contributed by atoms with Crippen LogP contribution in [0.5, 0.6) is 5.75 Å². The molecule has 1 fully saturated rings. The first-order valence-corrected chi connectivity index (χ1v) is 7.09. The maximum atomic E-state index is 5.91.